The van der Waals surface area contributed by atoms with Crippen molar-refractivity contribution in [2.45, 2.75) is 85.5 Å². The molecule has 0 amide bonds. The van der Waals surface area contributed by atoms with Gasteiger partial charge in [0.2, 0.25) is 0 Å². The molecule has 0 saturated carbocycles. The van der Waals surface area contributed by atoms with Crippen LogP contribution < -0.4 is 14.5 Å². The molecule has 0 fully saturated rings. The summed E-state index contributed by atoms with van der Waals surface area (Å²) in [7, 11) is 0. The summed E-state index contributed by atoms with van der Waals surface area (Å²) in [6, 6.07) is 55.9. The Hall–Kier alpha value is -8.29. The Kier molecular flexibility index (Phi) is 9.10. The number of aromatic nitrogens is 4. The van der Waals surface area contributed by atoms with E-state index in [9.17, 15) is 8.22 Å². The van der Waals surface area contributed by atoms with Crippen LogP contribution in [0.25, 0.3) is 82.4 Å². The maximum Gasteiger partial charge on any atom is 0.137 e. The quantitative estimate of drug-likeness (QED) is 0.166. The van der Waals surface area contributed by atoms with Crippen LogP contribution in [-0.4, -0.2) is 25.4 Å². The molecule has 0 bridgehead atoms. The van der Waals surface area contributed by atoms with E-state index in [1.54, 1.807) is 0 Å². The Morgan fingerprint density at radius 3 is 1.68 bits per heavy atom. The number of rotatable bonds is 6. The number of para-hydroxylation sites is 3. The number of pyridine rings is 1. The van der Waals surface area contributed by atoms with Crippen molar-refractivity contribution in [3.63, 3.8) is 0 Å². The van der Waals surface area contributed by atoms with Crippen molar-refractivity contribution in [1.29, 1.82) is 0 Å². The van der Waals surface area contributed by atoms with E-state index < -0.39 is 14.0 Å². The van der Waals surface area contributed by atoms with E-state index in [1.165, 1.54) is 9.13 Å². The van der Waals surface area contributed by atoms with E-state index in [0.717, 1.165) is 99.6 Å². The van der Waals surface area contributed by atoms with Gasteiger partial charge in [-0.1, -0.05) is 135 Å². The molecule has 0 atom stereocenters. The monoisotopic (exact) mass is 1000 g/mol. The van der Waals surface area contributed by atoms with Crippen LogP contribution in [0, 0.1) is 6.92 Å². The Bertz CT molecular complexity index is 4460. The number of benzene rings is 8. The molecule has 76 heavy (non-hydrogen) atoms. The first-order valence-corrected chi connectivity index (χ1v) is 26.4. The van der Waals surface area contributed by atoms with Gasteiger partial charge in [-0.3, -0.25) is 4.57 Å². The zero-order valence-corrected chi connectivity index (χ0v) is 45.0. The molecule has 13 rings (SSSR count). The summed E-state index contributed by atoms with van der Waals surface area (Å²) in [6.07, 6.45) is 1.96. The van der Waals surface area contributed by atoms with Gasteiger partial charge in [0.15, 0.2) is 0 Å². The van der Waals surface area contributed by atoms with Gasteiger partial charge in [-0.2, -0.15) is 0 Å². The zero-order valence-electron chi connectivity index (χ0n) is 51.0. The van der Waals surface area contributed by atoms with Gasteiger partial charge in [0, 0.05) is 95.1 Å². The predicted octanol–water partition coefficient (Wildman–Crippen LogP) is 18.4. The maximum atomic E-state index is 9.31. The van der Waals surface area contributed by atoms with Gasteiger partial charge >= 0.3 is 0 Å². The molecule has 7 nitrogen and oxygen atoms in total. The lowest BCUT2D eigenvalue weighted by Gasteiger charge is -2.27. The van der Waals surface area contributed by atoms with Crippen LogP contribution in [-0.2, 0) is 30.2 Å². The Balaban J connectivity index is 1.01. The fraction of sp³-hybridized carbons (Fsp3) is 0.232. The Morgan fingerprint density at radius 1 is 0.474 bits per heavy atom. The fourth-order valence-corrected chi connectivity index (χ4v) is 11.7. The first kappa shape index (κ1) is 41.0. The average Bonchev–Trinajstić information content (AvgIpc) is 1.80. The number of aryl methyl sites for hydroxylation is 3. The first-order valence-electron chi connectivity index (χ1n) is 29.4. The summed E-state index contributed by atoms with van der Waals surface area (Å²) in [4.78, 5) is 9.45. The second-order valence-electron chi connectivity index (χ2n) is 24.0. The largest absolute Gasteiger partial charge is 0.457 e. The van der Waals surface area contributed by atoms with E-state index >= 15 is 0 Å². The average molecular weight is 1000 g/mol. The number of hydrogen-bond acceptors (Lipinski definition) is 4. The lowest BCUT2D eigenvalue weighted by molar-refractivity contribution is 0.479. The summed E-state index contributed by atoms with van der Waals surface area (Å²) in [6.45, 7) is 16.5. The minimum atomic E-state index is -2.66. The lowest BCUT2D eigenvalue weighted by atomic mass is 9.86. The molecule has 5 heterocycles. The van der Waals surface area contributed by atoms with E-state index in [1.807, 2.05) is 72.9 Å². The second kappa shape index (κ2) is 16.9. The molecule has 0 saturated heterocycles. The second-order valence-corrected chi connectivity index (χ2v) is 24.0. The highest BCUT2D eigenvalue weighted by atomic mass is 16.5. The van der Waals surface area contributed by atoms with E-state index in [-0.39, 0.29) is 22.9 Å². The van der Waals surface area contributed by atoms with Gasteiger partial charge in [0.1, 0.15) is 24.0 Å². The molecule has 7 heteroatoms. The molecule has 1 aliphatic heterocycles. The molecule has 1 aliphatic rings. The van der Waals surface area contributed by atoms with Gasteiger partial charge in [0.25, 0.3) is 0 Å². The number of nitrogens with zero attached hydrogens (tertiary/aromatic N) is 6. The molecule has 0 spiro atoms. The lowest BCUT2D eigenvalue weighted by Crippen LogP contribution is -2.25. The molecule has 0 N–H and O–H groups in total. The highest BCUT2D eigenvalue weighted by Crippen LogP contribution is 2.52. The van der Waals surface area contributed by atoms with Crippen molar-refractivity contribution in [3.05, 3.63) is 192 Å². The molecule has 0 radical (unpaired) electrons. The zero-order chi connectivity index (χ0) is 57.7. The van der Waals surface area contributed by atoms with E-state index in [2.05, 4.69) is 181 Å². The van der Waals surface area contributed by atoms with Crippen molar-refractivity contribution in [3.8, 4) is 28.4 Å². The number of ether oxygens (including phenoxy) is 1. The highest BCUT2D eigenvalue weighted by Gasteiger charge is 2.34. The summed E-state index contributed by atoms with van der Waals surface area (Å²) in [5.41, 5.74) is 12.7. The molecule has 12 aromatic rings. The number of anilines is 4. The van der Waals surface area contributed by atoms with Gasteiger partial charge in [-0.25, -0.2) is 4.98 Å². The van der Waals surface area contributed by atoms with Gasteiger partial charge in [-0.15, -0.1) is 0 Å². The molecule has 378 valence electrons. The molecular weight excluding hydrogens is 929 g/mol. The van der Waals surface area contributed by atoms with Crippen molar-refractivity contribution < 1.29 is 13.0 Å². The maximum absolute atomic E-state index is 9.31. The van der Waals surface area contributed by atoms with Gasteiger partial charge in [-0.05, 0) is 130 Å². The van der Waals surface area contributed by atoms with E-state index in [0.29, 0.717) is 39.3 Å². The highest BCUT2D eigenvalue weighted by molar-refractivity contribution is 6.25. The van der Waals surface area contributed by atoms with Crippen LogP contribution in [0.2, 0.25) is 0 Å². The smallest absolute Gasteiger partial charge is 0.137 e. The molecule has 0 aliphatic carbocycles. The SMILES string of the molecule is [2H]C([2H])([2H])n1c2ccc(C(C)(C)C)cc2c2cc3c4cc(C(C)(C)C)ccc4n(C([2H])([2H])[2H])c3c(N3CN(c4cc(Oc5ccc6c7ccccc7n(-c7cc(C)c(-c8ccccc8)cn7)c6c5)cc(C(C)(C)C)c4)c4ccccc43)c21. The molecule has 8 aromatic carbocycles. The third kappa shape index (κ3) is 7.49. The summed E-state index contributed by atoms with van der Waals surface area (Å²) in [5.74, 6) is 2.11. The third-order valence-electron chi connectivity index (χ3n) is 15.9. The normalized spacial score (nSPS) is 14.9. The first-order chi connectivity index (χ1) is 38.7. The molecule has 4 aromatic heterocycles. The Labute approximate surface area is 454 Å². The number of fused-ring (bicyclic) bond motifs is 10. The summed E-state index contributed by atoms with van der Waals surface area (Å²) in [5, 5.41) is 5.24. The van der Waals surface area contributed by atoms with Crippen molar-refractivity contribution in [2.75, 3.05) is 16.5 Å². The van der Waals surface area contributed by atoms with E-state index in [4.69, 9.17) is 9.72 Å². The number of hydrogen-bond donors (Lipinski definition) is 0. The van der Waals surface area contributed by atoms with Crippen LogP contribution in [0.1, 0.15) is 92.8 Å². The third-order valence-corrected chi connectivity index (χ3v) is 15.9. The fourth-order valence-electron chi connectivity index (χ4n) is 11.7. The van der Waals surface area contributed by atoms with Crippen LogP contribution in [0.4, 0.5) is 22.7 Å². The molecular formula is C69H66N6O. The van der Waals surface area contributed by atoms with Crippen molar-refractivity contribution in [1.82, 2.24) is 18.7 Å². The van der Waals surface area contributed by atoms with Gasteiger partial charge < -0.3 is 23.7 Å². The van der Waals surface area contributed by atoms with Gasteiger partial charge in [0.05, 0.1) is 39.1 Å². The standard InChI is InChI=1S/C69H66N6O/c1-42-32-63(70-40-56(42)43-20-14-13-15-21-43)75-59-23-17-16-22-50(59)51-29-28-48(38-62(51)75)76-49-34-46(69(8,9)10)33-47(37-49)73-41-74(61-25-19-18-24-60(61)73)66-64-54(52-35-44(67(2,3)4)26-30-57(52)71(64)11)39-55-53-36-45(68(5,6)7)27-31-58(53)72(12)65(55)66/h13-40H,41H2,1-12H3/i11D3,12D3. The Morgan fingerprint density at radius 2 is 1.07 bits per heavy atom. The van der Waals surface area contributed by atoms with Crippen LogP contribution >= 0.6 is 0 Å². The predicted molar refractivity (Wildman–Crippen MR) is 321 cm³/mol. The van der Waals surface area contributed by atoms with Crippen LogP contribution in [0.5, 0.6) is 11.5 Å². The van der Waals surface area contributed by atoms with Crippen LogP contribution in [0.3, 0.4) is 0 Å². The van der Waals surface area contributed by atoms with Crippen molar-refractivity contribution in [2.24, 2.45) is 14.0 Å². The summed E-state index contributed by atoms with van der Waals surface area (Å²) < 4.78 is 68.1. The topological polar surface area (TPSA) is 43.4 Å². The van der Waals surface area contributed by atoms with Crippen molar-refractivity contribution >= 4 is 88.2 Å². The minimum Gasteiger partial charge on any atom is -0.457 e. The molecule has 0 unspecified atom stereocenters. The van der Waals surface area contributed by atoms with Crippen LogP contribution in [0.15, 0.2) is 170 Å². The minimum absolute atomic E-state index is 0.216. The summed E-state index contributed by atoms with van der Waals surface area (Å²) >= 11 is 0.